The molecular weight excluding hydrogens is 342 g/mol. The number of rotatable bonds is 5. The molecule has 1 aromatic heterocycles. The van der Waals surface area contributed by atoms with Gasteiger partial charge >= 0.3 is 0 Å². The van der Waals surface area contributed by atoms with Crippen molar-refractivity contribution < 1.29 is 4.79 Å². The van der Waals surface area contributed by atoms with Crippen molar-refractivity contribution in [2.75, 3.05) is 5.32 Å². The summed E-state index contributed by atoms with van der Waals surface area (Å²) in [4.78, 5) is 12.4. The minimum absolute atomic E-state index is 0.0643. The van der Waals surface area contributed by atoms with Crippen LogP contribution >= 0.6 is 15.9 Å². The molecule has 2 aromatic rings. The second-order valence-electron chi connectivity index (χ2n) is 6.03. The molecule has 2 rings (SSSR count). The predicted octanol–water partition coefficient (Wildman–Crippen LogP) is 4.53. The van der Waals surface area contributed by atoms with E-state index in [0.717, 1.165) is 10.2 Å². The quantitative estimate of drug-likeness (QED) is 0.847. The lowest BCUT2D eigenvalue weighted by atomic mass is 9.92. The van der Waals surface area contributed by atoms with Crippen LogP contribution < -0.4 is 5.32 Å². The maximum Gasteiger partial charge on any atom is 0.246 e. The molecule has 0 spiro atoms. The van der Waals surface area contributed by atoms with E-state index in [4.69, 9.17) is 0 Å². The van der Waals surface area contributed by atoms with E-state index in [0.29, 0.717) is 11.8 Å². The number of carbonyl (C=O) groups is 1. The van der Waals surface area contributed by atoms with E-state index in [1.807, 2.05) is 0 Å². The highest BCUT2D eigenvalue weighted by molar-refractivity contribution is 9.10. The summed E-state index contributed by atoms with van der Waals surface area (Å²) >= 11 is 3.34. The average molecular weight is 364 g/mol. The third kappa shape index (κ3) is 3.97. The number of aromatic nitrogens is 2. The molecule has 1 N–H and O–H groups in total. The summed E-state index contributed by atoms with van der Waals surface area (Å²) in [5.74, 6) is 0.645. The fourth-order valence-corrected chi connectivity index (χ4v) is 2.77. The van der Waals surface area contributed by atoms with Gasteiger partial charge in [0.25, 0.3) is 0 Å². The monoisotopic (exact) mass is 363 g/mol. The van der Waals surface area contributed by atoms with Crippen LogP contribution in [0.1, 0.15) is 50.7 Å². The summed E-state index contributed by atoms with van der Waals surface area (Å²) in [5, 5.41) is 7.21. The Hall–Kier alpha value is -1.62. The lowest BCUT2D eigenvalue weighted by Gasteiger charge is -2.20. The molecule has 0 atom stereocenters. The van der Waals surface area contributed by atoms with Crippen LogP contribution in [0.25, 0.3) is 0 Å². The van der Waals surface area contributed by atoms with Gasteiger partial charge in [0.15, 0.2) is 0 Å². The lowest BCUT2D eigenvalue weighted by molar-refractivity contribution is -0.116. The smallest absolute Gasteiger partial charge is 0.246 e. The number of halogens is 1. The Morgan fingerprint density at radius 1 is 1.23 bits per heavy atom. The van der Waals surface area contributed by atoms with Gasteiger partial charge < -0.3 is 5.32 Å². The summed E-state index contributed by atoms with van der Waals surface area (Å²) in [6, 6.07) is 6.22. The highest BCUT2D eigenvalue weighted by atomic mass is 79.9. The zero-order valence-electron chi connectivity index (χ0n) is 13.4. The zero-order valence-corrected chi connectivity index (χ0v) is 15.0. The average Bonchev–Trinajstić information content (AvgIpc) is 2.83. The molecule has 0 aliphatic heterocycles. The summed E-state index contributed by atoms with van der Waals surface area (Å²) in [6.07, 6.45) is 3.46. The zero-order chi connectivity index (χ0) is 16.3. The first-order chi connectivity index (χ1) is 10.4. The van der Waals surface area contributed by atoms with Crippen molar-refractivity contribution in [3.8, 4) is 0 Å². The molecule has 0 unspecified atom stereocenters. The highest BCUT2D eigenvalue weighted by Gasteiger charge is 2.16. The molecule has 1 aromatic carbocycles. The van der Waals surface area contributed by atoms with Crippen LogP contribution in [0.15, 0.2) is 35.1 Å². The Labute approximate surface area is 140 Å². The van der Waals surface area contributed by atoms with Gasteiger partial charge in [-0.25, -0.2) is 0 Å². The number of anilines is 1. The number of para-hydroxylation sites is 1. The molecule has 0 bridgehead atoms. The van der Waals surface area contributed by atoms with Gasteiger partial charge in [-0.3, -0.25) is 9.48 Å². The minimum Gasteiger partial charge on any atom is -0.324 e. The first kappa shape index (κ1) is 16.7. The summed E-state index contributed by atoms with van der Waals surface area (Å²) < 4.78 is 2.48. The Kier molecular flexibility index (Phi) is 5.40. The van der Waals surface area contributed by atoms with Crippen molar-refractivity contribution in [1.82, 2.24) is 9.78 Å². The standard InChI is InChI=1S/C17H22BrN3O/c1-11(2)14-6-5-7-15(12(3)4)17(14)20-16(22)10-21-9-13(18)8-19-21/h5-9,11-12H,10H2,1-4H3,(H,20,22). The first-order valence-corrected chi connectivity index (χ1v) is 8.28. The highest BCUT2D eigenvalue weighted by Crippen LogP contribution is 2.32. The Morgan fingerprint density at radius 3 is 2.27 bits per heavy atom. The number of hydrogen-bond donors (Lipinski definition) is 1. The van der Waals surface area contributed by atoms with E-state index in [1.54, 1.807) is 17.1 Å². The van der Waals surface area contributed by atoms with Crippen LogP contribution in [-0.4, -0.2) is 15.7 Å². The van der Waals surface area contributed by atoms with Crippen molar-refractivity contribution in [3.63, 3.8) is 0 Å². The summed E-state index contributed by atoms with van der Waals surface area (Å²) in [6.45, 7) is 8.76. The molecule has 0 saturated heterocycles. The van der Waals surface area contributed by atoms with Crippen LogP contribution in [0.2, 0.25) is 0 Å². The van der Waals surface area contributed by atoms with Gasteiger partial charge in [-0.1, -0.05) is 45.9 Å². The molecule has 0 radical (unpaired) electrons. The lowest BCUT2D eigenvalue weighted by Crippen LogP contribution is -2.21. The molecule has 1 heterocycles. The van der Waals surface area contributed by atoms with Crippen LogP contribution in [-0.2, 0) is 11.3 Å². The van der Waals surface area contributed by atoms with Gasteiger partial charge in [-0.2, -0.15) is 5.10 Å². The third-order valence-corrected chi connectivity index (χ3v) is 3.95. The van der Waals surface area contributed by atoms with E-state index >= 15 is 0 Å². The molecular formula is C17H22BrN3O. The Morgan fingerprint density at radius 2 is 1.82 bits per heavy atom. The molecule has 5 heteroatoms. The second kappa shape index (κ2) is 7.09. The van der Waals surface area contributed by atoms with Crippen LogP contribution in [0.3, 0.4) is 0 Å². The number of benzene rings is 1. The van der Waals surface area contributed by atoms with Gasteiger partial charge in [0.1, 0.15) is 6.54 Å². The minimum atomic E-state index is -0.0643. The van der Waals surface area contributed by atoms with Crippen LogP contribution in [0.5, 0.6) is 0 Å². The normalized spacial score (nSPS) is 11.2. The van der Waals surface area contributed by atoms with Gasteiger partial charge in [-0.15, -0.1) is 0 Å². The van der Waals surface area contributed by atoms with Gasteiger partial charge in [0, 0.05) is 11.9 Å². The van der Waals surface area contributed by atoms with Crippen molar-refractivity contribution in [2.45, 2.75) is 46.1 Å². The largest absolute Gasteiger partial charge is 0.324 e. The van der Waals surface area contributed by atoms with Crippen molar-refractivity contribution >= 4 is 27.5 Å². The number of amides is 1. The van der Waals surface area contributed by atoms with Gasteiger partial charge in [0.05, 0.1) is 10.7 Å². The van der Waals surface area contributed by atoms with Gasteiger partial charge in [-0.05, 0) is 38.9 Å². The molecule has 0 aliphatic rings. The molecule has 0 saturated carbocycles. The number of carbonyl (C=O) groups excluding carboxylic acids is 1. The molecule has 1 amide bonds. The fourth-order valence-electron chi connectivity index (χ4n) is 2.45. The summed E-state index contributed by atoms with van der Waals surface area (Å²) in [5.41, 5.74) is 3.28. The SMILES string of the molecule is CC(C)c1cccc(C(C)C)c1NC(=O)Cn1cc(Br)cn1. The Balaban J connectivity index is 2.25. The van der Waals surface area contributed by atoms with E-state index in [2.05, 4.69) is 72.2 Å². The van der Waals surface area contributed by atoms with E-state index in [9.17, 15) is 4.79 Å². The van der Waals surface area contributed by atoms with Gasteiger partial charge in [0.2, 0.25) is 5.91 Å². The second-order valence-corrected chi connectivity index (χ2v) is 6.94. The maximum absolute atomic E-state index is 12.4. The molecule has 118 valence electrons. The molecule has 0 fully saturated rings. The van der Waals surface area contributed by atoms with E-state index in [1.165, 1.54) is 11.1 Å². The first-order valence-electron chi connectivity index (χ1n) is 7.49. The molecule has 4 nitrogen and oxygen atoms in total. The number of nitrogens with one attached hydrogen (secondary N) is 1. The van der Waals surface area contributed by atoms with Crippen molar-refractivity contribution in [3.05, 3.63) is 46.2 Å². The van der Waals surface area contributed by atoms with Crippen LogP contribution in [0.4, 0.5) is 5.69 Å². The maximum atomic E-state index is 12.4. The third-order valence-electron chi connectivity index (χ3n) is 3.54. The van der Waals surface area contributed by atoms with Crippen LogP contribution in [0, 0.1) is 0 Å². The number of nitrogens with zero attached hydrogens (tertiary/aromatic N) is 2. The van der Waals surface area contributed by atoms with E-state index in [-0.39, 0.29) is 12.5 Å². The van der Waals surface area contributed by atoms with Crippen molar-refractivity contribution in [1.29, 1.82) is 0 Å². The Bertz CT molecular complexity index is 635. The van der Waals surface area contributed by atoms with E-state index < -0.39 is 0 Å². The van der Waals surface area contributed by atoms with Crippen molar-refractivity contribution in [2.24, 2.45) is 0 Å². The fraction of sp³-hybridized carbons (Fsp3) is 0.412. The topological polar surface area (TPSA) is 46.9 Å². The molecule has 0 aliphatic carbocycles. The molecule has 22 heavy (non-hydrogen) atoms. The predicted molar refractivity (Wildman–Crippen MR) is 93.2 cm³/mol. The summed E-state index contributed by atoms with van der Waals surface area (Å²) in [7, 11) is 0. The number of hydrogen-bond acceptors (Lipinski definition) is 2.